The van der Waals surface area contributed by atoms with E-state index in [4.69, 9.17) is 16.3 Å². The van der Waals surface area contributed by atoms with Crippen molar-refractivity contribution in [2.45, 2.75) is 6.92 Å². The Labute approximate surface area is 224 Å². The van der Waals surface area contributed by atoms with Gasteiger partial charge in [0.05, 0.1) is 16.8 Å². The van der Waals surface area contributed by atoms with Crippen LogP contribution in [0.1, 0.15) is 12.5 Å². The van der Waals surface area contributed by atoms with Gasteiger partial charge in [-0.15, -0.1) is 11.3 Å². The molecule has 1 N–H and O–H groups in total. The average molecular weight is 581 g/mol. The van der Waals surface area contributed by atoms with Gasteiger partial charge in [-0.3, -0.25) is 14.2 Å². The fourth-order valence-electron chi connectivity index (χ4n) is 3.44. The number of nitriles is 1. The van der Waals surface area contributed by atoms with E-state index in [0.29, 0.717) is 38.8 Å². The first-order valence-corrected chi connectivity index (χ1v) is 12.8. The van der Waals surface area contributed by atoms with Crippen LogP contribution in [0.4, 0.5) is 5.69 Å². The lowest BCUT2D eigenvalue weighted by Crippen LogP contribution is -2.32. The monoisotopic (exact) mass is 579 g/mol. The Hall–Kier alpha value is -3.64. The zero-order chi connectivity index (χ0) is 25.7. The maximum atomic E-state index is 13.6. The van der Waals surface area contributed by atoms with Gasteiger partial charge in [0.1, 0.15) is 16.5 Å². The van der Waals surface area contributed by atoms with Gasteiger partial charge < -0.3 is 10.1 Å². The van der Waals surface area contributed by atoms with Gasteiger partial charge in [0.25, 0.3) is 11.5 Å². The van der Waals surface area contributed by atoms with Gasteiger partial charge in [-0.25, -0.2) is 0 Å². The lowest BCUT2D eigenvalue weighted by molar-refractivity contribution is -0.111. The summed E-state index contributed by atoms with van der Waals surface area (Å²) in [6.07, 6.45) is 1.71. The molecule has 0 saturated heterocycles. The lowest BCUT2D eigenvalue weighted by atomic mass is 10.2. The highest BCUT2D eigenvalue weighted by molar-refractivity contribution is 9.10. The number of carbonyl (C=O) groups excluding carboxylic acids is 1. The number of para-hydroxylation sites is 1. The summed E-state index contributed by atoms with van der Waals surface area (Å²) in [5, 5.41) is 13.2. The summed E-state index contributed by atoms with van der Waals surface area (Å²) >= 11 is 10.5. The van der Waals surface area contributed by atoms with Crippen molar-refractivity contribution < 1.29 is 9.53 Å². The van der Waals surface area contributed by atoms with Crippen LogP contribution in [0.3, 0.4) is 0 Å². The van der Waals surface area contributed by atoms with Crippen molar-refractivity contribution in [3.8, 4) is 17.5 Å². The molecular weight excluding hydrogens is 562 g/mol. The number of benzene rings is 3. The van der Waals surface area contributed by atoms with Crippen molar-refractivity contribution in [1.82, 2.24) is 4.57 Å². The summed E-state index contributed by atoms with van der Waals surface area (Å²) in [7, 11) is 0. The quantitative estimate of drug-likeness (QED) is 0.353. The zero-order valence-electron chi connectivity index (χ0n) is 19.0. The van der Waals surface area contributed by atoms with Crippen LogP contribution in [0, 0.1) is 11.3 Å². The highest BCUT2D eigenvalue weighted by Gasteiger charge is 2.17. The molecule has 0 spiro atoms. The van der Waals surface area contributed by atoms with E-state index >= 15 is 0 Å². The highest BCUT2D eigenvalue weighted by Crippen LogP contribution is 2.24. The Bertz CT molecular complexity index is 1640. The van der Waals surface area contributed by atoms with Gasteiger partial charge in [-0.2, -0.15) is 5.26 Å². The molecule has 6 nitrogen and oxygen atoms in total. The number of amides is 1. The van der Waals surface area contributed by atoms with Gasteiger partial charge in [0, 0.05) is 20.7 Å². The molecule has 0 atom stereocenters. The van der Waals surface area contributed by atoms with E-state index in [0.717, 1.165) is 15.8 Å². The lowest BCUT2D eigenvalue weighted by Gasteiger charge is -2.06. The number of ether oxygens (including phenoxy) is 1. The van der Waals surface area contributed by atoms with Crippen LogP contribution in [0.5, 0.6) is 5.75 Å². The molecule has 0 aliphatic rings. The summed E-state index contributed by atoms with van der Waals surface area (Å²) in [5.74, 6) is -0.0129. The first kappa shape index (κ1) is 25.5. The van der Waals surface area contributed by atoms with Crippen molar-refractivity contribution in [3.63, 3.8) is 0 Å². The van der Waals surface area contributed by atoms with Crippen molar-refractivity contribution >= 4 is 62.1 Å². The van der Waals surface area contributed by atoms with E-state index in [1.807, 2.05) is 37.3 Å². The third kappa shape index (κ3) is 5.60. The van der Waals surface area contributed by atoms with E-state index in [1.54, 1.807) is 54.6 Å². The van der Waals surface area contributed by atoms with E-state index in [-0.39, 0.29) is 15.8 Å². The summed E-state index contributed by atoms with van der Waals surface area (Å²) in [6, 6.07) is 22.9. The van der Waals surface area contributed by atoms with Crippen molar-refractivity contribution in [3.05, 3.63) is 107 Å². The fraction of sp³-hybridized carbons (Fsp3) is 0.0741. The molecule has 0 aliphatic heterocycles. The minimum absolute atomic E-state index is 0.185. The standard InChI is InChI=1S/C27H19BrClN3O3S/c1-2-35-23-13-8-18(28)14-17(23)15-24-26(34)32(21-6-4-3-5-7-21)27(36-24)22(16-30)25(33)31-20-11-9-19(29)10-12-20/h3-15H,2H2,1H3,(H,31,33)/b24-15+,27-22+. The van der Waals surface area contributed by atoms with E-state index in [2.05, 4.69) is 21.2 Å². The van der Waals surface area contributed by atoms with Gasteiger partial charge in [-0.1, -0.05) is 45.7 Å². The number of aromatic nitrogens is 1. The molecule has 180 valence electrons. The summed E-state index contributed by atoms with van der Waals surface area (Å²) in [5.41, 5.74) is 1.18. The van der Waals surface area contributed by atoms with Crippen molar-refractivity contribution in [2.24, 2.45) is 0 Å². The maximum absolute atomic E-state index is 13.6. The van der Waals surface area contributed by atoms with Crippen LogP contribution >= 0.6 is 38.9 Å². The number of anilines is 1. The Morgan fingerprint density at radius 3 is 2.56 bits per heavy atom. The van der Waals surface area contributed by atoms with E-state index in [9.17, 15) is 14.9 Å². The largest absolute Gasteiger partial charge is 0.493 e. The fourth-order valence-corrected chi connectivity index (χ4v) is 5.04. The number of thiazole rings is 1. The number of nitrogens with one attached hydrogen (secondary N) is 1. The predicted octanol–water partition coefficient (Wildman–Crippen LogP) is 4.86. The molecule has 0 aliphatic carbocycles. The molecule has 3 aromatic carbocycles. The molecule has 9 heteroatoms. The number of halogens is 2. The molecule has 0 fully saturated rings. The first-order valence-electron chi connectivity index (χ1n) is 10.8. The maximum Gasteiger partial charge on any atom is 0.273 e. The van der Waals surface area contributed by atoms with Crippen LogP contribution in [-0.4, -0.2) is 17.1 Å². The van der Waals surface area contributed by atoms with Crippen molar-refractivity contribution in [2.75, 3.05) is 11.9 Å². The smallest absolute Gasteiger partial charge is 0.273 e. The first-order chi connectivity index (χ1) is 17.4. The van der Waals surface area contributed by atoms with Gasteiger partial charge >= 0.3 is 0 Å². The molecule has 0 bridgehead atoms. The van der Waals surface area contributed by atoms with E-state index < -0.39 is 5.91 Å². The Kier molecular flexibility index (Phi) is 8.06. The SMILES string of the molecule is CCOc1ccc(Br)cc1/C=c1/s/c(=C(\C#N)C(=O)Nc2ccc(Cl)cc2)n(-c2ccccc2)c1=O. The Morgan fingerprint density at radius 2 is 1.89 bits per heavy atom. The molecule has 1 amide bonds. The topological polar surface area (TPSA) is 84.1 Å². The number of carbonyl (C=O) groups is 1. The summed E-state index contributed by atoms with van der Waals surface area (Å²) < 4.78 is 8.50. The van der Waals surface area contributed by atoms with Gasteiger partial charge in [0.15, 0.2) is 5.57 Å². The highest BCUT2D eigenvalue weighted by atomic mass is 79.9. The molecule has 0 unspecified atom stereocenters. The second-order valence-electron chi connectivity index (χ2n) is 7.45. The molecule has 4 rings (SSSR count). The molecule has 1 aromatic heterocycles. The van der Waals surface area contributed by atoms with Crippen LogP contribution in [0.15, 0.2) is 82.1 Å². The minimum atomic E-state index is -0.630. The number of rotatable bonds is 6. The van der Waals surface area contributed by atoms with Crippen LogP contribution in [0.2, 0.25) is 5.02 Å². The van der Waals surface area contributed by atoms with Crippen LogP contribution in [0.25, 0.3) is 17.3 Å². The predicted molar refractivity (Wildman–Crippen MR) is 147 cm³/mol. The normalized spacial score (nSPS) is 12.1. The number of hydrogen-bond acceptors (Lipinski definition) is 5. The van der Waals surface area contributed by atoms with Crippen LogP contribution in [-0.2, 0) is 4.79 Å². The minimum Gasteiger partial charge on any atom is -0.493 e. The average Bonchev–Trinajstić information content (AvgIpc) is 3.18. The second-order valence-corrected chi connectivity index (χ2v) is 9.84. The second kappa shape index (κ2) is 11.4. The Morgan fingerprint density at radius 1 is 1.17 bits per heavy atom. The zero-order valence-corrected chi connectivity index (χ0v) is 22.2. The molecule has 0 saturated carbocycles. The third-order valence-electron chi connectivity index (χ3n) is 5.05. The Balaban J connectivity index is 1.96. The summed E-state index contributed by atoms with van der Waals surface area (Å²) in [6.45, 7) is 2.34. The van der Waals surface area contributed by atoms with E-state index in [1.165, 1.54) is 4.57 Å². The number of nitrogens with zero attached hydrogens (tertiary/aromatic N) is 2. The molecule has 4 aromatic rings. The van der Waals surface area contributed by atoms with Crippen molar-refractivity contribution in [1.29, 1.82) is 5.26 Å². The number of hydrogen-bond donors (Lipinski definition) is 1. The summed E-state index contributed by atoms with van der Waals surface area (Å²) in [4.78, 5) is 26.7. The third-order valence-corrected chi connectivity index (χ3v) is 6.89. The van der Waals surface area contributed by atoms with Crippen LogP contribution < -0.4 is 24.8 Å². The molecular formula is C27H19BrClN3O3S. The molecule has 36 heavy (non-hydrogen) atoms. The molecule has 1 heterocycles. The van der Waals surface area contributed by atoms with Gasteiger partial charge in [0.2, 0.25) is 0 Å². The van der Waals surface area contributed by atoms with Gasteiger partial charge in [-0.05, 0) is 67.6 Å². The molecule has 0 radical (unpaired) electrons.